The van der Waals surface area contributed by atoms with Gasteiger partial charge >= 0.3 is 0 Å². The molecule has 1 N–H and O–H groups in total. The van der Waals surface area contributed by atoms with Crippen LogP contribution < -0.4 is 10.1 Å². The zero-order valence-electron chi connectivity index (χ0n) is 18.9. The number of amides is 1. The van der Waals surface area contributed by atoms with Crippen molar-refractivity contribution in [3.63, 3.8) is 0 Å². The molecular weight excluding hydrogens is 398 g/mol. The van der Waals surface area contributed by atoms with E-state index >= 15 is 0 Å². The van der Waals surface area contributed by atoms with E-state index in [9.17, 15) is 4.79 Å². The third kappa shape index (κ3) is 4.83. The van der Waals surface area contributed by atoms with E-state index in [1.165, 1.54) is 11.1 Å². The largest absolute Gasteiger partial charge is 0.491 e. The maximum atomic E-state index is 12.4. The molecule has 4 aromatic rings. The summed E-state index contributed by atoms with van der Waals surface area (Å²) in [6, 6.07) is 21.8. The molecule has 3 aromatic carbocycles. The quantitative estimate of drug-likeness (QED) is 0.430. The first kappa shape index (κ1) is 21.6. The van der Waals surface area contributed by atoms with Crippen LogP contribution in [0, 0.1) is 20.8 Å². The van der Waals surface area contributed by atoms with Gasteiger partial charge in [0, 0.05) is 18.5 Å². The van der Waals surface area contributed by atoms with Gasteiger partial charge in [-0.3, -0.25) is 4.79 Å². The molecule has 0 saturated heterocycles. The van der Waals surface area contributed by atoms with Crippen molar-refractivity contribution in [1.82, 2.24) is 14.9 Å². The molecule has 1 amide bonds. The topological polar surface area (TPSA) is 56.2 Å². The number of hydrogen-bond acceptors (Lipinski definition) is 3. The van der Waals surface area contributed by atoms with Crippen molar-refractivity contribution in [2.45, 2.75) is 33.7 Å². The van der Waals surface area contributed by atoms with Crippen molar-refractivity contribution in [3.8, 4) is 5.75 Å². The maximum Gasteiger partial charge on any atom is 0.251 e. The van der Waals surface area contributed by atoms with Crippen molar-refractivity contribution in [1.29, 1.82) is 0 Å². The Hall–Kier alpha value is -3.60. The number of rotatable bonds is 8. The van der Waals surface area contributed by atoms with Crippen molar-refractivity contribution in [3.05, 3.63) is 94.8 Å². The number of para-hydroxylation sites is 2. The number of nitrogens with zero attached hydrogens (tertiary/aromatic N) is 2. The Morgan fingerprint density at radius 2 is 1.75 bits per heavy atom. The summed E-state index contributed by atoms with van der Waals surface area (Å²) in [5.41, 5.74) is 6.24. The summed E-state index contributed by atoms with van der Waals surface area (Å²) in [4.78, 5) is 17.2. The van der Waals surface area contributed by atoms with Crippen LogP contribution in [0.3, 0.4) is 0 Å². The van der Waals surface area contributed by atoms with Gasteiger partial charge in [-0.05, 0) is 62.2 Å². The molecule has 32 heavy (non-hydrogen) atoms. The van der Waals surface area contributed by atoms with Gasteiger partial charge in [-0.25, -0.2) is 4.98 Å². The van der Waals surface area contributed by atoms with Gasteiger partial charge in [0.15, 0.2) is 0 Å². The second-order valence-electron chi connectivity index (χ2n) is 8.09. The van der Waals surface area contributed by atoms with Crippen molar-refractivity contribution >= 4 is 16.9 Å². The molecule has 0 spiro atoms. The van der Waals surface area contributed by atoms with Crippen LogP contribution in [0.2, 0.25) is 0 Å². The fourth-order valence-corrected chi connectivity index (χ4v) is 3.79. The van der Waals surface area contributed by atoms with Gasteiger partial charge in [-0.2, -0.15) is 0 Å². The van der Waals surface area contributed by atoms with Crippen molar-refractivity contribution < 1.29 is 9.53 Å². The normalized spacial score (nSPS) is 11.0. The molecule has 5 heteroatoms. The number of benzene rings is 3. The molecule has 0 saturated carbocycles. The lowest BCUT2D eigenvalue weighted by molar-refractivity contribution is 0.0954. The molecule has 0 aliphatic rings. The summed E-state index contributed by atoms with van der Waals surface area (Å²) >= 11 is 0. The highest BCUT2D eigenvalue weighted by molar-refractivity contribution is 5.94. The van der Waals surface area contributed by atoms with Crippen LogP contribution in [0.4, 0.5) is 0 Å². The molecule has 0 bridgehead atoms. The lowest BCUT2D eigenvalue weighted by Crippen LogP contribution is -2.26. The van der Waals surface area contributed by atoms with Crippen LogP contribution in [0.1, 0.15) is 32.9 Å². The Morgan fingerprint density at radius 1 is 0.969 bits per heavy atom. The summed E-state index contributed by atoms with van der Waals surface area (Å²) in [5.74, 6) is 1.80. The summed E-state index contributed by atoms with van der Waals surface area (Å²) < 4.78 is 8.28. The van der Waals surface area contributed by atoms with E-state index in [-0.39, 0.29) is 5.91 Å². The van der Waals surface area contributed by atoms with E-state index in [1.807, 2.05) is 61.5 Å². The third-order valence-corrected chi connectivity index (χ3v) is 5.81. The van der Waals surface area contributed by atoms with Gasteiger partial charge < -0.3 is 14.6 Å². The highest BCUT2D eigenvalue weighted by Gasteiger charge is 2.12. The van der Waals surface area contributed by atoms with Crippen molar-refractivity contribution in [2.24, 2.45) is 0 Å². The lowest BCUT2D eigenvalue weighted by Gasteiger charge is -2.13. The second-order valence-corrected chi connectivity index (χ2v) is 8.09. The first-order valence-corrected chi connectivity index (χ1v) is 11.0. The Labute approximate surface area is 189 Å². The smallest absolute Gasteiger partial charge is 0.251 e. The van der Waals surface area contributed by atoms with Crippen LogP contribution in [0.15, 0.2) is 66.7 Å². The molecule has 1 aromatic heterocycles. The fraction of sp³-hybridized carbons (Fsp3) is 0.259. The first-order chi connectivity index (χ1) is 15.5. The first-order valence-electron chi connectivity index (χ1n) is 11.0. The minimum absolute atomic E-state index is 0.0640. The lowest BCUT2D eigenvalue weighted by atomic mass is 10.1. The number of imidazole rings is 1. The summed E-state index contributed by atoms with van der Waals surface area (Å²) in [5, 5.41) is 3.01. The van der Waals surface area contributed by atoms with Gasteiger partial charge in [0.1, 0.15) is 18.2 Å². The number of carbonyl (C=O) groups is 1. The summed E-state index contributed by atoms with van der Waals surface area (Å²) in [7, 11) is 0. The highest BCUT2D eigenvalue weighted by atomic mass is 16.5. The monoisotopic (exact) mass is 427 g/mol. The van der Waals surface area contributed by atoms with Gasteiger partial charge in [0.25, 0.3) is 5.91 Å². The van der Waals surface area contributed by atoms with E-state index in [4.69, 9.17) is 9.72 Å². The van der Waals surface area contributed by atoms with Crippen LogP contribution in [-0.2, 0) is 13.0 Å². The number of aryl methyl sites for hydroxylation is 2. The number of aromatic nitrogens is 2. The average Bonchev–Trinajstić information content (AvgIpc) is 3.14. The number of fused-ring (bicyclic) bond motifs is 1. The van der Waals surface area contributed by atoms with Crippen LogP contribution in [-0.4, -0.2) is 28.6 Å². The summed E-state index contributed by atoms with van der Waals surface area (Å²) in [6.45, 7) is 7.94. The fourth-order valence-electron chi connectivity index (χ4n) is 3.79. The molecule has 5 nitrogen and oxygen atoms in total. The molecule has 1 heterocycles. The minimum Gasteiger partial charge on any atom is -0.491 e. The number of nitrogens with one attached hydrogen (secondary N) is 1. The standard InChI is InChI=1S/C27H29N3O2/c1-19-11-13-22(14-12-19)27(31)28-16-15-26-29-23-8-4-5-9-24(23)30(26)17-18-32-25-10-6-7-20(2)21(25)3/h4-14H,15-18H2,1-3H3,(H,28,31). The van der Waals surface area contributed by atoms with E-state index in [0.717, 1.165) is 28.2 Å². The predicted octanol–water partition coefficient (Wildman–Crippen LogP) is 5.01. The van der Waals surface area contributed by atoms with Gasteiger partial charge in [0.05, 0.1) is 17.6 Å². The molecule has 0 aliphatic carbocycles. The van der Waals surface area contributed by atoms with E-state index in [2.05, 4.69) is 35.9 Å². The van der Waals surface area contributed by atoms with Crippen LogP contribution in [0.25, 0.3) is 11.0 Å². The Morgan fingerprint density at radius 3 is 2.56 bits per heavy atom. The number of ether oxygens (including phenoxy) is 1. The Balaban J connectivity index is 1.43. The Bertz CT molecular complexity index is 1230. The molecular formula is C27H29N3O2. The zero-order valence-corrected chi connectivity index (χ0v) is 18.9. The summed E-state index contributed by atoms with van der Waals surface area (Å²) in [6.07, 6.45) is 0.649. The number of carbonyl (C=O) groups excluding carboxylic acids is 1. The van der Waals surface area contributed by atoms with E-state index in [1.54, 1.807) is 0 Å². The van der Waals surface area contributed by atoms with Gasteiger partial charge in [0.2, 0.25) is 0 Å². The van der Waals surface area contributed by atoms with Gasteiger partial charge in [-0.15, -0.1) is 0 Å². The van der Waals surface area contributed by atoms with Crippen LogP contribution >= 0.6 is 0 Å². The Kier molecular flexibility index (Phi) is 6.55. The molecule has 4 rings (SSSR count). The third-order valence-electron chi connectivity index (χ3n) is 5.81. The molecule has 0 radical (unpaired) electrons. The van der Waals surface area contributed by atoms with Crippen molar-refractivity contribution in [2.75, 3.05) is 13.2 Å². The van der Waals surface area contributed by atoms with E-state index < -0.39 is 0 Å². The molecule has 0 atom stereocenters. The molecule has 0 fully saturated rings. The minimum atomic E-state index is -0.0640. The second kappa shape index (κ2) is 9.69. The van der Waals surface area contributed by atoms with Gasteiger partial charge in [-0.1, -0.05) is 42.0 Å². The molecule has 0 aliphatic heterocycles. The predicted molar refractivity (Wildman–Crippen MR) is 128 cm³/mol. The molecule has 164 valence electrons. The highest BCUT2D eigenvalue weighted by Crippen LogP contribution is 2.21. The van der Waals surface area contributed by atoms with Crippen LogP contribution in [0.5, 0.6) is 5.75 Å². The number of hydrogen-bond donors (Lipinski definition) is 1. The average molecular weight is 428 g/mol. The SMILES string of the molecule is Cc1ccc(C(=O)NCCc2nc3ccccc3n2CCOc2cccc(C)c2C)cc1. The maximum absolute atomic E-state index is 12.4. The zero-order chi connectivity index (χ0) is 22.5. The molecule has 0 unspecified atom stereocenters. The van der Waals surface area contributed by atoms with E-state index in [0.29, 0.717) is 31.7 Å².